The Hall–Kier alpha value is -3.98. The van der Waals surface area contributed by atoms with Crippen molar-refractivity contribution in [1.82, 2.24) is 9.62 Å². The third kappa shape index (κ3) is 4.78. The minimum Gasteiger partial charge on any atom is -0.439 e. The highest BCUT2D eigenvalue weighted by Gasteiger charge is 2.41. The zero-order valence-corrected chi connectivity index (χ0v) is 18.2. The predicted molar refractivity (Wildman–Crippen MR) is 119 cm³/mol. The molecule has 1 heterocycles. The number of carbonyl (C=O) groups is 3. The maximum Gasteiger partial charge on any atom is 0.339 e. The summed E-state index contributed by atoms with van der Waals surface area (Å²) in [4.78, 5) is 36.7. The summed E-state index contributed by atoms with van der Waals surface area (Å²) in [5, 5.41) is 2.81. The number of fused-ring (bicyclic) bond motifs is 1. The van der Waals surface area contributed by atoms with Crippen LogP contribution in [0.15, 0.2) is 83.8 Å². The lowest BCUT2D eigenvalue weighted by Gasteiger charge is -2.15. The van der Waals surface area contributed by atoms with E-state index >= 15 is 0 Å². The number of rotatable bonds is 7. The lowest BCUT2D eigenvalue weighted by Crippen LogP contribution is -2.33. The van der Waals surface area contributed by atoms with E-state index in [1.165, 1.54) is 30.3 Å². The average Bonchev–Trinajstić information content (AvgIpc) is 3.02. The fourth-order valence-electron chi connectivity index (χ4n) is 3.36. The predicted octanol–water partition coefficient (Wildman–Crippen LogP) is 2.50. The summed E-state index contributed by atoms with van der Waals surface area (Å²) in [5.41, 5.74) is 1.93. The van der Waals surface area contributed by atoms with Gasteiger partial charge in [0.05, 0.1) is 17.5 Å². The van der Waals surface area contributed by atoms with Gasteiger partial charge in [0.15, 0.2) is 6.73 Å². The molecule has 0 unspecified atom stereocenters. The number of nitrogens with one attached hydrogen (secondary N) is 1. The Morgan fingerprint density at radius 3 is 2.21 bits per heavy atom. The van der Waals surface area contributed by atoms with E-state index in [0.717, 1.165) is 11.1 Å². The molecule has 1 aliphatic heterocycles. The van der Waals surface area contributed by atoms with Gasteiger partial charge in [-0.3, -0.25) is 9.59 Å². The first-order valence-electron chi connectivity index (χ1n) is 10.1. The standard InChI is InChI=1S/C24H20N2O6S/c27-22(14-17-6-2-1-3-7-17)25-15-18-10-12-19(13-11-18)24(29)32-16-26-23(28)20-8-4-5-9-21(20)33(26,30)31/h1-13H,14-16H2,(H,25,27). The summed E-state index contributed by atoms with van der Waals surface area (Å²) in [7, 11) is -4.05. The van der Waals surface area contributed by atoms with E-state index in [9.17, 15) is 22.8 Å². The highest BCUT2D eigenvalue weighted by Crippen LogP contribution is 2.29. The first-order valence-corrected chi connectivity index (χ1v) is 11.5. The highest BCUT2D eigenvalue weighted by molar-refractivity contribution is 7.90. The van der Waals surface area contributed by atoms with Crippen LogP contribution in [0.2, 0.25) is 0 Å². The van der Waals surface area contributed by atoms with Crippen molar-refractivity contribution in [3.8, 4) is 0 Å². The molecule has 3 aromatic rings. The molecule has 0 radical (unpaired) electrons. The molecule has 0 saturated carbocycles. The van der Waals surface area contributed by atoms with E-state index in [1.807, 2.05) is 30.3 Å². The first kappa shape index (κ1) is 22.2. The zero-order valence-electron chi connectivity index (χ0n) is 17.4. The highest BCUT2D eigenvalue weighted by atomic mass is 32.2. The van der Waals surface area contributed by atoms with Gasteiger partial charge < -0.3 is 10.1 Å². The van der Waals surface area contributed by atoms with Gasteiger partial charge in [-0.2, -0.15) is 4.31 Å². The smallest absolute Gasteiger partial charge is 0.339 e. The summed E-state index contributed by atoms with van der Waals surface area (Å²) < 4.78 is 30.6. The molecular weight excluding hydrogens is 444 g/mol. The fourth-order valence-corrected chi connectivity index (χ4v) is 4.79. The number of amides is 2. The molecule has 2 amide bonds. The van der Waals surface area contributed by atoms with Crippen LogP contribution in [0.3, 0.4) is 0 Å². The molecule has 168 valence electrons. The van der Waals surface area contributed by atoms with Crippen LogP contribution < -0.4 is 5.32 Å². The molecule has 0 aromatic heterocycles. The lowest BCUT2D eigenvalue weighted by molar-refractivity contribution is -0.120. The van der Waals surface area contributed by atoms with Crippen LogP contribution in [0.25, 0.3) is 0 Å². The molecule has 0 fully saturated rings. The Bertz CT molecular complexity index is 1300. The lowest BCUT2D eigenvalue weighted by atomic mass is 10.1. The van der Waals surface area contributed by atoms with Crippen molar-refractivity contribution >= 4 is 27.8 Å². The molecule has 1 N–H and O–H groups in total. The van der Waals surface area contributed by atoms with Crippen molar-refractivity contribution < 1.29 is 27.5 Å². The third-order valence-electron chi connectivity index (χ3n) is 5.11. The van der Waals surface area contributed by atoms with Crippen LogP contribution in [-0.4, -0.2) is 37.2 Å². The largest absolute Gasteiger partial charge is 0.439 e. The quantitative estimate of drug-likeness (QED) is 0.538. The van der Waals surface area contributed by atoms with Crippen molar-refractivity contribution in [1.29, 1.82) is 0 Å². The van der Waals surface area contributed by atoms with Crippen LogP contribution in [0.5, 0.6) is 0 Å². The first-order chi connectivity index (χ1) is 15.9. The van der Waals surface area contributed by atoms with Crippen molar-refractivity contribution in [2.45, 2.75) is 17.9 Å². The maximum atomic E-state index is 12.5. The molecule has 0 saturated heterocycles. The van der Waals surface area contributed by atoms with E-state index < -0.39 is 28.6 Å². The Labute approximate surface area is 190 Å². The van der Waals surface area contributed by atoms with E-state index in [-0.39, 0.29) is 28.4 Å². The summed E-state index contributed by atoms with van der Waals surface area (Å²) in [6.07, 6.45) is 0.271. The van der Waals surface area contributed by atoms with Gasteiger partial charge in [0.25, 0.3) is 15.9 Å². The Kier molecular flexibility index (Phi) is 6.23. The number of hydrogen-bond donors (Lipinski definition) is 1. The molecular formula is C24H20N2O6S. The number of carbonyl (C=O) groups excluding carboxylic acids is 3. The summed E-state index contributed by atoms with van der Waals surface area (Å²) in [6.45, 7) is -0.425. The molecule has 9 heteroatoms. The summed E-state index contributed by atoms with van der Waals surface area (Å²) >= 11 is 0. The van der Waals surface area contributed by atoms with Crippen molar-refractivity contribution in [3.05, 3.63) is 101 Å². The average molecular weight is 464 g/mol. The van der Waals surface area contributed by atoms with Gasteiger partial charge in [0.2, 0.25) is 5.91 Å². The summed E-state index contributed by atoms with van der Waals surface area (Å²) in [6, 6.07) is 21.5. The number of esters is 1. The molecule has 3 aromatic carbocycles. The number of benzene rings is 3. The van der Waals surface area contributed by atoms with Crippen LogP contribution in [-0.2, 0) is 32.5 Å². The van der Waals surface area contributed by atoms with Gasteiger partial charge in [-0.25, -0.2) is 13.2 Å². The van der Waals surface area contributed by atoms with Crippen LogP contribution >= 0.6 is 0 Å². The minimum absolute atomic E-state index is 0.0483. The number of hydrogen-bond acceptors (Lipinski definition) is 6. The molecule has 4 rings (SSSR count). The van der Waals surface area contributed by atoms with Crippen molar-refractivity contribution in [2.75, 3.05) is 6.73 Å². The fraction of sp³-hybridized carbons (Fsp3) is 0.125. The SMILES string of the molecule is O=C(Cc1ccccc1)NCc1ccc(C(=O)OCN2C(=O)c3ccccc3S2(=O)=O)cc1. The van der Waals surface area contributed by atoms with Gasteiger partial charge in [-0.05, 0) is 35.4 Å². The van der Waals surface area contributed by atoms with Gasteiger partial charge in [0, 0.05) is 6.54 Å². The topological polar surface area (TPSA) is 110 Å². The number of ether oxygens (including phenoxy) is 1. The summed E-state index contributed by atoms with van der Waals surface area (Å²) in [5.74, 6) is -1.63. The molecule has 0 aliphatic carbocycles. The number of nitrogens with zero attached hydrogens (tertiary/aromatic N) is 1. The third-order valence-corrected chi connectivity index (χ3v) is 6.88. The molecule has 1 aliphatic rings. The van der Waals surface area contributed by atoms with E-state index in [4.69, 9.17) is 4.74 Å². The number of sulfonamides is 1. The van der Waals surface area contributed by atoms with Crippen LogP contribution in [0.1, 0.15) is 31.8 Å². The van der Waals surface area contributed by atoms with Gasteiger partial charge in [-0.1, -0.05) is 54.6 Å². The molecule has 8 nitrogen and oxygen atoms in total. The molecule has 0 spiro atoms. The van der Waals surface area contributed by atoms with E-state index in [1.54, 1.807) is 18.2 Å². The van der Waals surface area contributed by atoms with Crippen LogP contribution in [0.4, 0.5) is 0 Å². The molecule has 0 bridgehead atoms. The monoisotopic (exact) mass is 464 g/mol. The van der Waals surface area contributed by atoms with Gasteiger partial charge in [0.1, 0.15) is 4.90 Å². The van der Waals surface area contributed by atoms with Crippen molar-refractivity contribution in [2.24, 2.45) is 0 Å². The van der Waals surface area contributed by atoms with E-state index in [2.05, 4.69) is 5.32 Å². The van der Waals surface area contributed by atoms with Gasteiger partial charge in [-0.15, -0.1) is 0 Å². The molecule has 0 atom stereocenters. The zero-order chi connectivity index (χ0) is 23.4. The Morgan fingerprint density at radius 1 is 0.848 bits per heavy atom. The van der Waals surface area contributed by atoms with Crippen LogP contribution in [0, 0.1) is 0 Å². The molecule has 33 heavy (non-hydrogen) atoms. The Balaban J connectivity index is 1.31. The van der Waals surface area contributed by atoms with Crippen molar-refractivity contribution in [3.63, 3.8) is 0 Å². The maximum absolute atomic E-state index is 12.5. The van der Waals surface area contributed by atoms with Gasteiger partial charge >= 0.3 is 5.97 Å². The Morgan fingerprint density at radius 2 is 1.52 bits per heavy atom. The second kappa shape index (κ2) is 9.25. The van der Waals surface area contributed by atoms with E-state index in [0.29, 0.717) is 10.8 Å². The minimum atomic E-state index is -4.05. The normalized spacial score (nSPS) is 13.9. The second-order valence-electron chi connectivity index (χ2n) is 7.35. The second-order valence-corrected chi connectivity index (χ2v) is 9.18.